The third-order valence-corrected chi connectivity index (χ3v) is 3.29. The fourth-order valence-corrected chi connectivity index (χ4v) is 2.04. The summed E-state index contributed by atoms with van der Waals surface area (Å²) >= 11 is 2.01. The Labute approximate surface area is 130 Å². The van der Waals surface area contributed by atoms with E-state index in [-0.39, 0.29) is 5.69 Å². The number of nitrogens with one attached hydrogen (secondary N) is 1. The van der Waals surface area contributed by atoms with E-state index in [1.807, 2.05) is 40.8 Å². The molecule has 2 aromatic carbocycles. The Morgan fingerprint density at radius 2 is 1.95 bits per heavy atom. The molecule has 1 atom stereocenters. The summed E-state index contributed by atoms with van der Waals surface area (Å²) in [6.45, 7) is 1.62. The van der Waals surface area contributed by atoms with Gasteiger partial charge >= 0.3 is 0 Å². The summed E-state index contributed by atoms with van der Waals surface area (Å²) in [6, 6.07) is 13.6. The number of para-hydroxylation sites is 1. The van der Waals surface area contributed by atoms with Crippen molar-refractivity contribution in [2.75, 3.05) is 5.32 Å². The van der Waals surface area contributed by atoms with Crippen molar-refractivity contribution in [2.24, 2.45) is 0 Å². The Kier molecular flexibility index (Phi) is 4.94. The summed E-state index contributed by atoms with van der Waals surface area (Å²) in [4.78, 5) is 11.9. The topological polar surface area (TPSA) is 38.3 Å². The second-order valence-corrected chi connectivity index (χ2v) is 5.43. The normalized spacial score (nSPS) is 11.8. The zero-order valence-electron chi connectivity index (χ0n) is 10.8. The van der Waals surface area contributed by atoms with Crippen molar-refractivity contribution < 1.29 is 13.9 Å². The molecule has 1 N–H and O–H groups in total. The number of benzene rings is 2. The highest BCUT2D eigenvalue weighted by molar-refractivity contribution is 14.1. The van der Waals surface area contributed by atoms with Crippen LogP contribution in [0.4, 0.5) is 10.1 Å². The molecule has 2 rings (SSSR count). The molecule has 2 aromatic rings. The second kappa shape index (κ2) is 6.69. The van der Waals surface area contributed by atoms with Crippen LogP contribution in [0.1, 0.15) is 6.92 Å². The van der Waals surface area contributed by atoms with Crippen LogP contribution in [-0.2, 0) is 4.79 Å². The van der Waals surface area contributed by atoms with Gasteiger partial charge in [0.2, 0.25) is 0 Å². The van der Waals surface area contributed by atoms with Gasteiger partial charge in [-0.05, 0) is 59.8 Å². The van der Waals surface area contributed by atoms with Crippen LogP contribution in [0, 0.1) is 9.39 Å². The highest BCUT2D eigenvalue weighted by atomic mass is 127. The van der Waals surface area contributed by atoms with Crippen LogP contribution in [0.3, 0.4) is 0 Å². The van der Waals surface area contributed by atoms with Crippen LogP contribution >= 0.6 is 22.6 Å². The van der Waals surface area contributed by atoms with Gasteiger partial charge in [-0.1, -0.05) is 18.2 Å². The molecule has 0 aromatic heterocycles. The molecule has 1 unspecified atom stereocenters. The largest absolute Gasteiger partial charge is 0.481 e. The van der Waals surface area contributed by atoms with Gasteiger partial charge in [-0.3, -0.25) is 4.79 Å². The van der Waals surface area contributed by atoms with E-state index >= 15 is 0 Å². The van der Waals surface area contributed by atoms with Gasteiger partial charge in [-0.2, -0.15) is 0 Å². The molecule has 5 heteroatoms. The maximum absolute atomic E-state index is 13.6. The SMILES string of the molecule is CC(Oc1ccccc1)C(=O)Nc1ccc(I)cc1F. The van der Waals surface area contributed by atoms with Crippen molar-refractivity contribution in [3.63, 3.8) is 0 Å². The van der Waals surface area contributed by atoms with Crippen molar-refractivity contribution in [3.8, 4) is 5.75 Å². The minimum atomic E-state index is -0.712. The van der Waals surface area contributed by atoms with Gasteiger partial charge in [0.05, 0.1) is 5.69 Å². The lowest BCUT2D eigenvalue weighted by atomic mass is 10.3. The third-order valence-electron chi connectivity index (χ3n) is 2.61. The lowest BCUT2D eigenvalue weighted by Gasteiger charge is -2.15. The molecule has 3 nitrogen and oxygen atoms in total. The third kappa shape index (κ3) is 3.93. The number of rotatable bonds is 4. The van der Waals surface area contributed by atoms with E-state index in [2.05, 4.69) is 5.32 Å². The predicted molar refractivity (Wildman–Crippen MR) is 84.3 cm³/mol. The Balaban J connectivity index is 2.01. The van der Waals surface area contributed by atoms with Crippen molar-refractivity contribution in [1.82, 2.24) is 0 Å². The van der Waals surface area contributed by atoms with Crippen molar-refractivity contribution in [2.45, 2.75) is 13.0 Å². The van der Waals surface area contributed by atoms with Crippen LogP contribution in [0.5, 0.6) is 5.75 Å². The second-order valence-electron chi connectivity index (χ2n) is 4.19. The predicted octanol–water partition coefficient (Wildman–Crippen LogP) is 3.84. The zero-order chi connectivity index (χ0) is 14.5. The van der Waals surface area contributed by atoms with E-state index < -0.39 is 17.8 Å². The van der Waals surface area contributed by atoms with Crippen molar-refractivity contribution in [3.05, 3.63) is 57.9 Å². The van der Waals surface area contributed by atoms with Gasteiger partial charge in [-0.15, -0.1) is 0 Å². The first-order chi connectivity index (χ1) is 9.56. The molecular weight excluding hydrogens is 372 g/mol. The van der Waals surface area contributed by atoms with Crippen molar-refractivity contribution in [1.29, 1.82) is 0 Å². The summed E-state index contributed by atoms with van der Waals surface area (Å²) in [5.41, 5.74) is 0.152. The summed E-state index contributed by atoms with van der Waals surface area (Å²) < 4.78 is 19.9. The molecule has 0 fully saturated rings. The van der Waals surface area contributed by atoms with Crippen molar-refractivity contribution >= 4 is 34.2 Å². The molecule has 0 aliphatic heterocycles. The first kappa shape index (κ1) is 14.8. The standard InChI is InChI=1S/C15H13FINO2/c1-10(20-12-5-3-2-4-6-12)15(19)18-14-8-7-11(17)9-13(14)16/h2-10H,1H3,(H,18,19). The molecule has 0 radical (unpaired) electrons. The fourth-order valence-electron chi connectivity index (χ4n) is 1.58. The monoisotopic (exact) mass is 385 g/mol. The smallest absolute Gasteiger partial charge is 0.265 e. The molecule has 0 spiro atoms. The first-order valence-corrected chi connectivity index (χ1v) is 7.12. The maximum Gasteiger partial charge on any atom is 0.265 e. The van der Waals surface area contributed by atoms with E-state index in [0.29, 0.717) is 5.75 Å². The van der Waals surface area contributed by atoms with Crippen LogP contribution in [-0.4, -0.2) is 12.0 Å². The van der Waals surface area contributed by atoms with E-state index in [4.69, 9.17) is 4.74 Å². The number of carbonyl (C=O) groups excluding carboxylic acids is 1. The molecule has 1 amide bonds. The van der Waals surface area contributed by atoms with Gasteiger partial charge in [0, 0.05) is 3.57 Å². The van der Waals surface area contributed by atoms with E-state index in [0.717, 1.165) is 3.57 Å². The number of carbonyl (C=O) groups is 1. The molecule has 0 saturated heterocycles. The van der Waals surface area contributed by atoms with Crippen LogP contribution < -0.4 is 10.1 Å². The number of halogens is 2. The van der Waals surface area contributed by atoms with Crippen LogP contribution in [0.15, 0.2) is 48.5 Å². The van der Waals surface area contributed by atoms with Gasteiger partial charge in [0.1, 0.15) is 11.6 Å². The average molecular weight is 385 g/mol. The first-order valence-electron chi connectivity index (χ1n) is 6.04. The molecule has 0 saturated carbocycles. The molecule has 104 valence electrons. The summed E-state index contributed by atoms with van der Waals surface area (Å²) in [6.07, 6.45) is -0.712. The maximum atomic E-state index is 13.6. The number of hydrogen-bond donors (Lipinski definition) is 1. The number of anilines is 1. The minimum Gasteiger partial charge on any atom is -0.481 e. The van der Waals surface area contributed by atoms with E-state index in [1.54, 1.807) is 25.1 Å². The molecule has 0 heterocycles. The van der Waals surface area contributed by atoms with Gasteiger partial charge in [-0.25, -0.2) is 4.39 Å². The summed E-state index contributed by atoms with van der Waals surface area (Å²) in [5, 5.41) is 2.52. The van der Waals surface area contributed by atoms with Crippen LogP contribution in [0.2, 0.25) is 0 Å². The number of hydrogen-bond acceptors (Lipinski definition) is 2. The summed E-state index contributed by atoms with van der Waals surface area (Å²) in [7, 11) is 0. The Morgan fingerprint density at radius 3 is 2.60 bits per heavy atom. The van der Waals surface area contributed by atoms with E-state index in [1.165, 1.54) is 12.1 Å². The highest BCUT2D eigenvalue weighted by Gasteiger charge is 2.16. The lowest BCUT2D eigenvalue weighted by molar-refractivity contribution is -0.122. The van der Waals surface area contributed by atoms with Gasteiger partial charge in [0.15, 0.2) is 6.10 Å². The molecular formula is C15H13FINO2. The zero-order valence-corrected chi connectivity index (χ0v) is 12.9. The molecule has 0 aliphatic carbocycles. The van der Waals surface area contributed by atoms with Gasteiger partial charge in [0.25, 0.3) is 5.91 Å². The molecule has 0 aliphatic rings. The highest BCUT2D eigenvalue weighted by Crippen LogP contribution is 2.18. The quantitative estimate of drug-likeness (QED) is 0.813. The van der Waals surface area contributed by atoms with Crippen LogP contribution in [0.25, 0.3) is 0 Å². The fraction of sp³-hybridized carbons (Fsp3) is 0.133. The van der Waals surface area contributed by atoms with E-state index in [9.17, 15) is 9.18 Å². The lowest BCUT2D eigenvalue weighted by Crippen LogP contribution is -2.30. The van der Waals surface area contributed by atoms with Gasteiger partial charge < -0.3 is 10.1 Å². The Hall–Kier alpha value is -1.63. The minimum absolute atomic E-state index is 0.152. The number of ether oxygens (including phenoxy) is 1. The Morgan fingerprint density at radius 1 is 1.25 bits per heavy atom. The average Bonchev–Trinajstić information content (AvgIpc) is 2.43. The summed E-state index contributed by atoms with van der Waals surface area (Å²) in [5.74, 6) is -0.260. The number of amides is 1. The Bertz CT molecular complexity index is 604. The molecule has 20 heavy (non-hydrogen) atoms. The molecule has 0 bridgehead atoms.